The van der Waals surface area contributed by atoms with E-state index in [1.165, 1.54) is 19.3 Å². The molecule has 2 N–H and O–H groups in total. The number of amides is 1. The summed E-state index contributed by atoms with van der Waals surface area (Å²) in [5, 5.41) is 6.27. The summed E-state index contributed by atoms with van der Waals surface area (Å²) >= 11 is 0. The van der Waals surface area contributed by atoms with Crippen LogP contribution in [0.1, 0.15) is 48.3 Å². The summed E-state index contributed by atoms with van der Waals surface area (Å²) in [6, 6.07) is 2.04. The highest BCUT2D eigenvalue weighted by Crippen LogP contribution is 2.17. The van der Waals surface area contributed by atoms with Crippen LogP contribution in [0.4, 0.5) is 5.95 Å². The fourth-order valence-electron chi connectivity index (χ4n) is 2.66. The van der Waals surface area contributed by atoms with Crippen molar-refractivity contribution in [3.05, 3.63) is 17.5 Å². The van der Waals surface area contributed by atoms with Gasteiger partial charge in [0.05, 0.1) is 0 Å². The minimum absolute atomic E-state index is 0.0898. The standard InChI is InChI=1S/C16H27N5O/c1-12-11-14(15(22)19-13-7-5-4-6-8-13)20-16(18-12)17-9-10-21(2)3/h11,13H,4-10H2,1-3H3,(H,19,22)(H,17,18,20). The monoisotopic (exact) mass is 305 g/mol. The predicted octanol–water partition coefficient (Wildman–Crippen LogP) is 1.82. The number of carbonyl (C=O) groups is 1. The summed E-state index contributed by atoms with van der Waals surface area (Å²) in [7, 11) is 4.03. The molecule has 0 radical (unpaired) electrons. The Labute approximate surface area is 132 Å². The van der Waals surface area contributed by atoms with Crippen molar-refractivity contribution in [1.82, 2.24) is 20.2 Å². The molecule has 1 saturated carbocycles. The van der Waals surface area contributed by atoms with Crippen molar-refractivity contribution in [3.8, 4) is 0 Å². The molecule has 1 aliphatic carbocycles. The van der Waals surface area contributed by atoms with Crippen molar-refractivity contribution in [2.75, 3.05) is 32.5 Å². The van der Waals surface area contributed by atoms with Gasteiger partial charge in [-0.25, -0.2) is 9.97 Å². The number of anilines is 1. The van der Waals surface area contributed by atoms with E-state index < -0.39 is 0 Å². The largest absolute Gasteiger partial charge is 0.353 e. The second kappa shape index (κ2) is 8.08. The zero-order chi connectivity index (χ0) is 15.9. The predicted molar refractivity (Wildman–Crippen MR) is 88.2 cm³/mol. The van der Waals surface area contributed by atoms with Crippen LogP contribution in [0.15, 0.2) is 6.07 Å². The number of aromatic nitrogens is 2. The molecule has 2 rings (SSSR count). The van der Waals surface area contributed by atoms with Gasteiger partial charge in [-0.05, 0) is 39.9 Å². The number of carbonyl (C=O) groups excluding carboxylic acids is 1. The van der Waals surface area contributed by atoms with E-state index in [4.69, 9.17) is 0 Å². The molecule has 1 heterocycles. The van der Waals surface area contributed by atoms with Gasteiger partial charge >= 0.3 is 0 Å². The SMILES string of the molecule is Cc1cc(C(=O)NC2CCCCC2)nc(NCCN(C)C)n1. The third-order valence-electron chi connectivity index (χ3n) is 3.87. The van der Waals surface area contributed by atoms with E-state index in [9.17, 15) is 4.79 Å². The molecule has 0 saturated heterocycles. The van der Waals surface area contributed by atoms with Crippen LogP contribution in [0.2, 0.25) is 0 Å². The van der Waals surface area contributed by atoms with Gasteiger partial charge in [0.1, 0.15) is 5.69 Å². The van der Waals surface area contributed by atoms with Gasteiger partial charge < -0.3 is 15.5 Å². The summed E-state index contributed by atoms with van der Waals surface area (Å²) in [6.07, 6.45) is 5.82. The Morgan fingerprint density at radius 1 is 1.27 bits per heavy atom. The van der Waals surface area contributed by atoms with Gasteiger partial charge in [-0.2, -0.15) is 0 Å². The fraction of sp³-hybridized carbons (Fsp3) is 0.688. The number of nitrogens with zero attached hydrogens (tertiary/aromatic N) is 3. The van der Waals surface area contributed by atoms with Gasteiger partial charge in [0, 0.05) is 24.8 Å². The summed E-state index contributed by atoms with van der Waals surface area (Å²) in [5.74, 6) is 0.434. The molecule has 6 nitrogen and oxygen atoms in total. The quantitative estimate of drug-likeness (QED) is 0.839. The van der Waals surface area contributed by atoms with Crippen molar-refractivity contribution in [1.29, 1.82) is 0 Å². The molecule has 0 aliphatic heterocycles. The van der Waals surface area contributed by atoms with Gasteiger partial charge in [0.15, 0.2) is 0 Å². The number of hydrogen-bond donors (Lipinski definition) is 2. The normalized spacial score (nSPS) is 15.8. The molecular formula is C16H27N5O. The summed E-state index contributed by atoms with van der Waals surface area (Å²) < 4.78 is 0. The smallest absolute Gasteiger partial charge is 0.270 e. The van der Waals surface area contributed by atoms with Crippen LogP contribution >= 0.6 is 0 Å². The average Bonchev–Trinajstić information content (AvgIpc) is 2.47. The van der Waals surface area contributed by atoms with Crippen LogP contribution in [0.5, 0.6) is 0 Å². The lowest BCUT2D eigenvalue weighted by molar-refractivity contribution is 0.0922. The van der Waals surface area contributed by atoms with E-state index in [1.807, 2.05) is 21.0 Å². The molecule has 0 unspecified atom stereocenters. The lowest BCUT2D eigenvalue weighted by Gasteiger charge is -2.22. The first-order valence-corrected chi connectivity index (χ1v) is 8.10. The molecule has 1 aromatic heterocycles. The fourth-order valence-corrected chi connectivity index (χ4v) is 2.66. The van der Waals surface area contributed by atoms with Crippen LogP contribution in [0.3, 0.4) is 0 Å². The summed E-state index contributed by atoms with van der Waals surface area (Å²) in [5.41, 5.74) is 1.25. The van der Waals surface area contributed by atoms with Crippen molar-refractivity contribution in [2.24, 2.45) is 0 Å². The van der Waals surface area contributed by atoms with E-state index in [0.717, 1.165) is 31.6 Å². The Bertz CT molecular complexity index is 497. The Balaban J connectivity index is 1.96. The van der Waals surface area contributed by atoms with Crippen LogP contribution in [-0.4, -0.2) is 54.0 Å². The Morgan fingerprint density at radius 3 is 2.68 bits per heavy atom. The van der Waals surface area contributed by atoms with Crippen LogP contribution in [0, 0.1) is 6.92 Å². The molecule has 122 valence electrons. The first-order valence-electron chi connectivity index (χ1n) is 8.10. The summed E-state index contributed by atoms with van der Waals surface area (Å²) in [6.45, 7) is 3.53. The molecule has 1 aliphatic rings. The number of aryl methyl sites for hydroxylation is 1. The van der Waals surface area contributed by atoms with Gasteiger partial charge in [-0.15, -0.1) is 0 Å². The van der Waals surface area contributed by atoms with Crippen molar-refractivity contribution >= 4 is 11.9 Å². The lowest BCUT2D eigenvalue weighted by atomic mass is 9.95. The highest BCUT2D eigenvalue weighted by Gasteiger charge is 2.18. The molecule has 6 heteroatoms. The second-order valence-corrected chi connectivity index (χ2v) is 6.26. The zero-order valence-corrected chi connectivity index (χ0v) is 13.9. The van der Waals surface area contributed by atoms with Crippen LogP contribution in [0.25, 0.3) is 0 Å². The molecule has 22 heavy (non-hydrogen) atoms. The average molecular weight is 305 g/mol. The van der Waals surface area contributed by atoms with E-state index in [2.05, 4.69) is 25.5 Å². The Kier molecular flexibility index (Phi) is 6.12. The van der Waals surface area contributed by atoms with Crippen molar-refractivity contribution < 1.29 is 4.79 Å². The molecule has 1 fully saturated rings. The molecule has 0 atom stereocenters. The van der Waals surface area contributed by atoms with E-state index in [-0.39, 0.29) is 5.91 Å². The highest BCUT2D eigenvalue weighted by atomic mass is 16.1. The third kappa shape index (κ3) is 5.26. The second-order valence-electron chi connectivity index (χ2n) is 6.26. The van der Waals surface area contributed by atoms with Crippen molar-refractivity contribution in [2.45, 2.75) is 45.1 Å². The lowest BCUT2D eigenvalue weighted by Crippen LogP contribution is -2.36. The minimum Gasteiger partial charge on any atom is -0.353 e. The molecule has 1 aromatic rings. The Hall–Kier alpha value is -1.69. The minimum atomic E-state index is -0.0898. The molecule has 1 amide bonds. The third-order valence-corrected chi connectivity index (χ3v) is 3.87. The summed E-state index contributed by atoms with van der Waals surface area (Å²) in [4.78, 5) is 23.1. The maximum absolute atomic E-state index is 12.4. The first kappa shape index (κ1) is 16.7. The zero-order valence-electron chi connectivity index (χ0n) is 13.9. The number of hydrogen-bond acceptors (Lipinski definition) is 5. The van der Waals surface area contributed by atoms with Gasteiger partial charge in [0.25, 0.3) is 5.91 Å². The van der Waals surface area contributed by atoms with Gasteiger partial charge in [0.2, 0.25) is 5.95 Å². The molecule has 0 bridgehead atoms. The van der Waals surface area contributed by atoms with E-state index >= 15 is 0 Å². The van der Waals surface area contributed by atoms with Gasteiger partial charge in [-0.3, -0.25) is 4.79 Å². The Morgan fingerprint density at radius 2 is 2.00 bits per heavy atom. The van der Waals surface area contributed by atoms with Crippen LogP contribution < -0.4 is 10.6 Å². The topological polar surface area (TPSA) is 70.2 Å². The first-order chi connectivity index (χ1) is 10.5. The van der Waals surface area contributed by atoms with Crippen LogP contribution in [-0.2, 0) is 0 Å². The number of rotatable bonds is 6. The van der Waals surface area contributed by atoms with Crippen molar-refractivity contribution in [3.63, 3.8) is 0 Å². The molecular weight excluding hydrogens is 278 g/mol. The maximum Gasteiger partial charge on any atom is 0.270 e. The highest BCUT2D eigenvalue weighted by molar-refractivity contribution is 5.92. The van der Waals surface area contributed by atoms with E-state index in [1.54, 1.807) is 6.07 Å². The molecule has 0 aromatic carbocycles. The molecule has 0 spiro atoms. The number of likely N-dealkylation sites (N-methyl/N-ethyl adjacent to an activating group) is 1. The maximum atomic E-state index is 12.4. The van der Waals surface area contributed by atoms with Gasteiger partial charge in [-0.1, -0.05) is 19.3 Å². The number of nitrogens with one attached hydrogen (secondary N) is 2. The van der Waals surface area contributed by atoms with E-state index in [0.29, 0.717) is 17.7 Å².